The molecular formula is C18H22N3O3+. The van der Waals surface area contributed by atoms with E-state index in [0.29, 0.717) is 18.7 Å². The van der Waals surface area contributed by atoms with Crippen molar-refractivity contribution in [1.29, 1.82) is 0 Å². The highest BCUT2D eigenvalue weighted by Crippen LogP contribution is 2.26. The summed E-state index contributed by atoms with van der Waals surface area (Å²) in [6.45, 7) is 0.963. The van der Waals surface area contributed by atoms with E-state index in [1.807, 2.05) is 60.0 Å². The van der Waals surface area contributed by atoms with Crippen molar-refractivity contribution in [2.75, 3.05) is 45.3 Å². The van der Waals surface area contributed by atoms with E-state index >= 15 is 0 Å². The number of benzene rings is 2. The van der Waals surface area contributed by atoms with E-state index in [2.05, 4.69) is 4.98 Å². The van der Waals surface area contributed by atoms with Crippen molar-refractivity contribution in [3.05, 3.63) is 41.8 Å². The lowest BCUT2D eigenvalue weighted by atomic mass is 10.2. The minimum absolute atomic E-state index is 0.0251. The first-order chi connectivity index (χ1) is 11.6. The van der Waals surface area contributed by atoms with Crippen molar-refractivity contribution in [2.24, 2.45) is 0 Å². The summed E-state index contributed by atoms with van der Waals surface area (Å²) in [5.41, 5.74) is 3.15. The van der Waals surface area contributed by atoms with Gasteiger partial charge in [-0.05, 0) is 18.2 Å². The molecule has 0 unspecified atom stereocenters. The molecule has 1 aromatic rings. The standard InChI is InChI=1S/C18H22N3O3/c1-20(2)13-3-5-15-17(11-13)24-18-12-14(4-6-16(18)19-15)21(7-9-22)8-10-23/h3-6,11-12,22-23H,7-10H2,1-2H3/q+1. The van der Waals surface area contributed by atoms with Crippen molar-refractivity contribution in [1.82, 2.24) is 9.56 Å². The molecule has 0 atom stereocenters. The first kappa shape index (κ1) is 16.4. The van der Waals surface area contributed by atoms with Crippen molar-refractivity contribution in [3.63, 3.8) is 0 Å². The number of hydrogen-bond acceptors (Lipinski definition) is 5. The lowest BCUT2D eigenvalue weighted by molar-refractivity contribution is 0.281. The molecule has 1 aliphatic carbocycles. The van der Waals surface area contributed by atoms with Gasteiger partial charge in [0.2, 0.25) is 5.36 Å². The molecule has 126 valence electrons. The second-order valence-electron chi connectivity index (χ2n) is 5.85. The number of aromatic nitrogens is 1. The Morgan fingerprint density at radius 1 is 1.04 bits per heavy atom. The first-order valence-corrected chi connectivity index (χ1v) is 7.94. The quantitative estimate of drug-likeness (QED) is 0.534. The van der Waals surface area contributed by atoms with E-state index in [-0.39, 0.29) is 13.2 Å². The minimum atomic E-state index is 0.0251. The molecule has 0 saturated heterocycles. The third kappa shape index (κ3) is 3.25. The van der Waals surface area contributed by atoms with Crippen LogP contribution < -0.4 is 14.8 Å². The monoisotopic (exact) mass is 328 g/mol. The van der Waals surface area contributed by atoms with Crippen molar-refractivity contribution >= 4 is 16.8 Å². The number of aliphatic hydroxyl groups excluding tert-OH is 2. The molecule has 0 spiro atoms. The average Bonchev–Trinajstić information content (AvgIpc) is 2.58. The average molecular weight is 328 g/mol. The SMILES string of the molecule is C[N+](C)=c1ccc2nc3ccc(N(CCO)CCO)cc3oc-2c1. The Bertz CT molecular complexity index is 878. The highest BCUT2D eigenvalue weighted by molar-refractivity contribution is 5.80. The van der Waals surface area contributed by atoms with Crippen LogP contribution in [0.2, 0.25) is 0 Å². The number of fused-ring (bicyclic) bond motifs is 2. The fourth-order valence-corrected chi connectivity index (χ4v) is 2.69. The van der Waals surface area contributed by atoms with Crippen LogP contribution in [-0.2, 0) is 0 Å². The van der Waals surface area contributed by atoms with E-state index in [9.17, 15) is 10.2 Å². The summed E-state index contributed by atoms with van der Waals surface area (Å²) >= 11 is 0. The summed E-state index contributed by atoms with van der Waals surface area (Å²) in [6.07, 6.45) is 0. The third-order valence-corrected chi connectivity index (χ3v) is 3.97. The Morgan fingerprint density at radius 3 is 2.46 bits per heavy atom. The number of aliphatic hydroxyl groups is 2. The highest BCUT2D eigenvalue weighted by atomic mass is 16.3. The maximum Gasteiger partial charge on any atom is 0.203 e. The van der Waals surface area contributed by atoms with Crippen LogP contribution >= 0.6 is 0 Å². The van der Waals surface area contributed by atoms with Gasteiger partial charge in [-0.3, -0.25) is 0 Å². The van der Waals surface area contributed by atoms with Crippen LogP contribution in [0.15, 0.2) is 40.8 Å². The third-order valence-electron chi connectivity index (χ3n) is 3.97. The predicted octanol–water partition coefficient (Wildman–Crippen LogP) is 0.755. The van der Waals surface area contributed by atoms with Crippen molar-refractivity contribution in [3.8, 4) is 11.5 Å². The smallest absolute Gasteiger partial charge is 0.203 e. The molecule has 6 heteroatoms. The summed E-state index contributed by atoms with van der Waals surface area (Å²) in [4.78, 5) is 6.55. The fourth-order valence-electron chi connectivity index (χ4n) is 2.69. The lowest BCUT2D eigenvalue weighted by Gasteiger charge is -2.23. The molecule has 2 N–H and O–H groups in total. The maximum atomic E-state index is 9.20. The Hall–Kier alpha value is -2.44. The van der Waals surface area contributed by atoms with Crippen LogP contribution in [0.25, 0.3) is 22.6 Å². The molecule has 0 aromatic heterocycles. The summed E-state index contributed by atoms with van der Waals surface area (Å²) in [7, 11) is 3.96. The van der Waals surface area contributed by atoms with Gasteiger partial charge in [-0.1, -0.05) is 0 Å². The Morgan fingerprint density at radius 2 is 1.79 bits per heavy atom. The van der Waals surface area contributed by atoms with Gasteiger partial charge in [-0.25, -0.2) is 9.56 Å². The van der Waals surface area contributed by atoms with E-state index in [0.717, 1.165) is 28.0 Å². The predicted molar refractivity (Wildman–Crippen MR) is 94.1 cm³/mol. The van der Waals surface area contributed by atoms with Crippen molar-refractivity contribution < 1.29 is 14.6 Å². The van der Waals surface area contributed by atoms with Gasteiger partial charge in [-0.2, -0.15) is 0 Å². The Labute approximate surface area is 140 Å². The molecule has 0 fully saturated rings. The topological polar surface area (TPSA) is 72.7 Å². The number of hydrogen-bond donors (Lipinski definition) is 2. The van der Waals surface area contributed by atoms with Crippen LogP contribution in [0.4, 0.5) is 5.69 Å². The van der Waals surface area contributed by atoms with E-state index in [1.54, 1.807) is 0 Å². The summed E-state index contributed by atoms with van der Waals surface area (Å²) < 4.78 is 8.06. The number of nitrogens with zero attached hydrogens (tertiary/aromatic N) is 3. The fraction of sp³-hybridized carbons (Fsp3) is 0.333. The lowest BCUT2D eigenvalue weighted by Crippen LogP contribution is -2.29. The second kappa shape index (κ2) is 6.98. The zero-order chi connectivity index (χ0) is 17.1. The highest BCUT2D eigenvalue weighted by Gasteiger charge is 2.12. The van der Waals surface area contributed by atoms with E-state index in [1.165, 1.54) is 0 Å². The molecule has 0 radical (unpaired) electrons. The molecule has 0 bridgehead atoms. The molecule has 2 aliphatic rings. The second-order valence-corrected chi connectivity index (χ2v) is 5.85. The Balaban J connectivity index is 2.13. The van der Waals surface area contributed by atoms with Crippen LogP contribution in [0.1, 0.15) is 0 Å². The normalized spacial score (nSPS) is 11.2. The molecule has 0 amide bonds. The summed E-state index contributed by atoms with van der Waals surface area (Å²) in [5.74, 6) is 0.724. The van der Waals surface area contributed by atoms with Crippen molar-refractivity contribution in [2.45, 2.75) is 0 Å². The van der Waals surface area contributed by atoms with Crippen LogP contribution in [0, 0.1) is 0 Å². The van der Waals surface area contributed by atoms with Gasteiger partial charge in [0.05, 0.1) is 19.3 Å². The Kier molecular flexibility index (Phi) is 4.78. The van der Waals surface area contributed by atoms with Gasteiger partial charge in [-0.15, -0.1) is 0 Å². The van der Waals surface area contributed by atoms with Gasteiger partial charge >= 0.3 is 0 Å². The van der Waals surface area contributed by atoms with Gasteiger partial charge < -0.3 is 19.5 Å². The molecule has 1 aromatic carbocycles. The summed E-state index contributed by atoms with van der Waals surface area (Å²) in [6, 6.07) is 11.6. The molecule has 0 saturated carbocycles. The molecule has 24 heavy (non-hydrogen) atoms. The zero-order valence-corrected chi connectivity index (χ0v) is 13.9. The van der Waals surface area contributed by atoms with Gasteiger partial charge in [0.25, 0.3) is 0 Å². The van der Waals surface area contributed by atoms with Gasteiger partial charge in [0.1, 0.15) is 25.3 Å². The van der Waals surface area contributed by atoms with Crippen LogP contribution in [0.5, 0.6) is 0 Å². The largest absolute Gasteiger partial charge is 0.452 e. The maximum absolute atomic E-state index is 9.20. The molecular weight excluding hydrogens is 306 g/mol. The molecule has 6 nitrogen and oxygen atoms in total. The summed E-state index contributed by atoms with van der Waals surface area (Å²) in [5, 5.41) is 19.4. The van der Waals surface area contributed by atoms with Crippen LogP contribution in [0.3, 0.4) is 0 Å². The number of anilines is 1. The molecule has 1 aliphatic heterocycles. The minimum Gasteiger partial charge on any atom is -0.452 e. The zero-order valence-electron chi connectivity index (χ0n) is 13.9. The van der Waals surface area contributed by atoms with Crippen LogP contribution in [-0.4, -0.2) is 55.6 Å². The molecule has 1 heterocycles. The first-order valence-electron chi connectivity index (χ1n) is 7.94. The van der Waals surface area contributed by atoms with Gasteiger partial charge in [0, 0.05) is 30.9 Å². The van der Waals surface area contributed by atoms with E-state index in [4.69, 9.17) is 4.42 Å². The van der Waals surface area contributed by atoms with E-state index < -0.39 is 0 Å². The van der Waals surface area contributed by atoms with Gasteiger partial charge in [0.15, 0.2) is 11.3 Å². The molecule has 3 rings (SSSR count). The number of rotatable bonds is 5.